The van der Waals surface area contributed by atoms with Crippen LogP contribution in [0.3, 0.4) is 0 Å². The molecule has 3 aromatic rings. The third-order valence-corrected chi connectivity index (χ3v) is 3.34. The first kappa shape index (κ1) is 13.1. The van der Waals surface area contributed by atoms with E-state index in [0.29, 0.717) is 17.2 Å². The second-order valence-electron chi connectivity index (χ2n) is 4.43. The van der Waals surface area contributed by atoms with Gasteiger partial charge in [0.1, 0.15) is 5.82 Å². The summed E-state index contributed by atoms with van der Waals surface area (Å²) in [5.41, 5.74) is 1.71. The van der Waals surface area contributed by atoms with E-state index in [-0.39, 0.29) is 5.28 Å². The lowest BCUT2D eigenvalue weighted by Crippen LogP contribution is -2.18. The molecule has 0 aliphatic heterocycles. The molecule has 2 heterocycles. The third kappa shape index (κ3) is 2.55. The van der Waals surface area contributed by atoms with Crippen molar-refractivity contribution in [1.82, 2.24) is 20.2 Å². The number of benzene rings is 1. The molecule has 1 aromatic carbocycles. The van der Waals surface area contributed by atoms with Gasteiger partial charge in [0.15, 0.2) is 5.65 Å². The number of hydrogen-bond donors (Lipinski definition) is 1. The Morgan fingerprint density at radius 3 is 2.90 bits per heavy atom. The van der Waals surface area contributed by atoms with E-state index >= 15 is 0 Å². The zero-order chi connectivity index (χ0) is 14.1. The first-order chi connectivity index (χ1) is 9.63. The molecular formula is C13H11Cl2N5. The summed E-state index contributed by atoms with van der Waals surface area (Å²) < 4.78 is 0. The minimum Gasteiger partial charge on any atom is -0.355 e. The van der Waals surface area contributed by atoms with Crippen molar-refractivity contribution < 1.29 is 0 Å². The first-order valence-electron chi connectivity index (χ1n) is 5.95. The van der Waals surface area contributed by atoms with Gasteiger partial charge in [-0.2, -0.15) is 15.1 Å². The number of fused-ring (bicyclic) bond motifs is 1. The Hall–Kier alpha value is -1.85. The maximum absolute atomic E-state index is 6.00. The quantitative estimate of drug-likeness (QED) is 0.754. The average molecular weight is 308 g/mol. The minimum atomic E-state index is 0.190. The van der Waals surface area contributed by atoms with Gasteiger partial charge < -0.3 is 4.90 Å². The van der Waals surface area contributed by atoms with Gasteiger partial charge in [-0.3, -0.25) is 5.10 Å². The normalized spacial score (nSPS) is 10.9. The van der Waals surface area contributed by atoms with Gasteiger partial charge in [0.25, 0.3) is 0 Å². The largest absolute Gasteiger partial charge is 0.355 e. The molecule has 20 heavy (non-hydrogen) atoms. The minimum absolute atomic E-state index is 0.190. The zero-order valence-electron chi connectivity index (χ0n) is 10.6. The van der Waals surface area contributed by atoms with E-state index in [2.05, 4.69) is 20.2 Å². The molecule has 0 fully saturated rings. The Morgan fingerprint density at radius 1 is 1.25 bits per heavy atom. The van der Waals surface area contributed by atoms with Crippen LogP contribution in [0.25, 0.3) is 11.0 Å². The standard InChI is InChI=1S/C13H11Cl2N5/c1-20(7-8-3-2-4-9(14)5-8)12-10-6-16-19-11(10)17-13(15)18-12/h2-6H,7H2,1H3,(H,16,17,18,19). The van der Waals surface area contributed by atoms with E-state index < -0.39 is 0 Å². The Morgan fingerprint density at radius 2 is 2.10 bits per heavy atom. The molecule has 102 valence electrons. The highest BCUT2D eigenvalue weighted by Crippen LogP contribution is 2.24. The highest BCUT2D eigenvalue weighted by molar-refractivity contribution is 6.30. The van der Waals surface area contributed by atoms with Crippen LogP contribution >= 0.6 is 23.2 Å². The van der Waals surface area contributed by atoms with Gasteiger partial charge in [-0.05, 0) is 29.3 Å². The molecule has 0 bridgehead atoms. The summed E-state index contributed by atoms with van der Waals surface area (Å²) in [4.78, 5) is 10.4. The van der Waals surface area contributed by atoms with Gasteiger partial charge in [-0.15, -0.1) is 0 Å². The molecule has 0 unspecified atom stereocenters. The maximum Gasteiger partial charge on any atom is 0.226 e. The molecule has 0 saturated carbocycles. The van der Waals surface area contributed by atoms with E-state index in [1.165, 1.54) is 0 Å². The second kappa shape index (κ2) is 5.26. The number of aromatic nitrogens is 4. The van der Waals surface area contributed by atoms with Crippen molar-refractivity contribution in [3.63, 3.8) is 0 Å². The fraction of sp³-hybridized carbons (Fsp3) is 0.154. The van der Waals surface area contributed by atoms with Crippen molar-refractivity contribution in [1.29, 1.82) is 0 Å². The molecule has 0 aliphatic carbocycles. The van der Waals surface area contributed by atoms with Crippen LogP contribution in [0.4, 0.5) is 5.82 Å². The summed E-state index contributed by atoms with van der Waals surface area (Å²) in [7, 11) is 1.94. The van der Waals surface area contributed by atoms with Crippen molar-refractivity contribution in [3.05, 3.63) is 46.3 Å². The van der Waals surface area contributed by atoms with Gasteiger partial charge in [0.05, 0.1) is 11.6 Å². The predicted molar refractivity (Wildman–Crippen MR) is 80.3 cm³/mol. The van der Waals surface area contributed by atoms with Crippen molar-refractivity contribution in [3.8, 4) is 0 Å². The Kier molecular flexibility index (Phi) is 3.46. The van der Waals surface area contributed by atoms with Crippen molar-refractivity contribution in [2.45, 2.75) is 6.54 Å². The lowest BCUT2D eigenvalue weighted by Gasteiger charge is -2.19. The first-order valence-corrected chi connectivity index (χ1v) is 6.71. The molecule has 0 amide bonds. The number of nitrogens with zero attached hydrogens (tertiary/aromatic N) is 4. The molecule has 0 aliphatic rings. The van der Waals surface area contributed by atoms with E-state index in [9.17, 15) is 0 Å². The monoisotopic (exact) mass is 307 g/mol. The Labute approximate surface area is 125 Å². The molecule has 2 aromatic heterocycles. The SMILES string of the molecule is CN(Cc1cccc(Cl)c1)c1nc(Cl)nc2[nH]ncc12. The van der Waals surface area contributed by atoms with Gasteiger partial charge >= 0.3 is 0 Å². The molecule has 5 nitrogen and oxygen atoms in total. The molecule has 0 spiro atoms. The van der Waals surface area contributed by atoms with Crippen molar-refractivity contribution >= 4 is 40.1 Å². The molecule has 0 atom stereocenters. The van der Waals surface area contributed by atoms with E-state index in [4.69, 9.17) is 23.2 Å². The third-order valence-electron chi connectivity index (χ3n) is 2.93. The van der Waals surface area contributed by atoms with Crippen LogP contribution in [0.15, 0.2) is 30.5 Å². The number of H-pyrrole nitrogens is 1. The zero-order valence-corrected chi connectivity index (χ0v) is 12.2. The molecule has 0 radical (unpaired) electrons. The van der Waals surface area contributed by atoms with E-state index in [1.54, 1.807) is 6.20 Å². The number of rotatable bonds is 3. The summed E-state index contributed by atoms with van der Waals surface area (Å²) in [5, 5.41) is 8.50. The lowest BCUT2D eigenvalue weighted by atomic mass is 10.2. The Bertz CT molecular complexity index is 755. The van der Waals surface area contributed by atoms with Crippen LogP contribution in [0.1, 0.15) is 5.56 Å². The second-order valence-corrected chi connectivity index (χ2v) is 5.21. The van der Waals surface area contributed by atoms with Crippen LogP contribution in [0, 0.1) is 0 Å². The number of halogens is 2. The summed E-state index contributed by atoms with van der Waals surface area (Å²) in [6.07, 6.45) is 1.69. The fourth-order valence-corrected chi connectivity index (χ4v) is 2.45. The molecule has 1 N–H and O–H groups in total. The molecule has 7 heteroatoms. The fourth-order valence-electron chi connectivity index (χ4n) is 2.07. The van der Waals surface area contributed by atoms with E-state index in [1.807, 2.05) is 36.2 Å². The molecule has 0 saturated heterocycles. The van der Waals surface area contributed by atoms with E-state index in [0.717, 1.165) is 16.8 Å². The topological polar surface area (TPSA) is 57.7 Å². The highest BCUT2D eigenvalue weighted by Gasteiger charge is 2.12. The number of anilines is 1. The highest BCUT2D eigenvalue weighted by atomic mass is 35.5. The maximum atomic E-state index is 6.00. The molecule has 3 rings (SSSR count). The van der Waals surface area contributed by atoms with Crippen LogP contribution in [0.5, 0.6) is 0 Å². The van der Waals surface area contributed by atoms with Crippen LogP contribution in [-0.2, 0) is 6.54 Å². The van der Waals surface area contributed by atoms with Gasteiger partial charge in [-0.1, -0.05) is 23.7 Å². The smallest absolute Gasteiger partial charge is 0.226 e. The van der Waals surface area contributed by atoms with Gasteiger partial charge in [0, 0.05) is 18.6 Å². The van der Waals surface area contributed by atoms with Crippen LogP contribution in [-0.4, -0.2) is 27.2 Å². The molecular weight excluding hydrogens is 297 g/mol. The number of nitrogens with one attached hydrogen (secondary N) is 1. The lowest BCUT2D eigenvalue weighted by molar-refractivity contribution is 0.900. The Balaban J connectivity index is 1.96. The van der Waals surface area contributed by atoms with Crippen molar-refractivity contribution in [2.24, 2.45) is 0 Å². The van der Waals surface area contributed by atoms with Crippen LogP contribution < -0.4 is 4.90 Å². The summed E-state index contributed by atoms with van der Waals surface area (Å²) in [5.74, 6) is 0.730. The number of hydrogen-bond acceptors (Lipinski definition) is 4. The summed E-state index contributed by atoms with van der Waals surface area (Å²) >= 11 is 11.9. The van der Waals surface area contributed by atoms with Gasteiger partial charge in [-0.25, -0.2) is 0 Å². The predicted octanol–water partition coefficient (Wildman–Crippen LogP) is 3.30. The van der Waals surface area contributed by atoms with Crippen molar-refractivity contribution in [2.75, 3.05) is 11.9 Å². The average Bonchev–Trinajstić information content (AvgIpc) is 2.85. The van der Waals surface area contributed by atoms with Crippen LogP contribution in [0.2, 0.25) is 10.3 Å². The van der Waals surface area contributed by atoms with Gasteiger partial charge in [0.2, 0.25) is 5.28 Å². The number of aromatic amines is 1. The summed E-state index contributed by atoms with van der Waals surface area (Å²) in [6, 6.07) is 7.71. The summed E-state index contributed by atoms with van der Waals surface area (Å²) in [6.45, 7) is 0.661.